The summed E-state index contributed by atoms with van der Waals surface area (Å²) in [6, 6.07) is 3.98. The van der Waals surface area contributed by atoms with Crippen LogP contribution < -0.4 is 4.90 Å². The number of fused-ring (bicyclic) bond motifs is 1. The molecule has 2 heterocycles. The summed E-state index contributed by atoms with van der Waals surface area (Å²) < 4.78 is 27.9. The van der Waals surface area contributed by atoms with Gasteiger partial charge in [-0.05, 0) is 18.2 Å². The topological polar surface area (TPSA) is 39.6 Å². The van der Waals surface area contributed by atoms with E-state index >= 15 is 0 Å². The number of anilines is 1. The van der Waals surface area contributed by atoms with Gasteiger partial charge in [0, 0.05) is 38.9 Å². The van der Waals surface area contributed by atoms with E-state index in [9.17, 15) is 8.78 Å². The molecular formula is C15H17F2N3O. The van der Waals surface area contributed by atoms with E-state index in [1.54, 1.807) is 6.07 Å². The Balaban J connectivity index is 1.93. The molecule has 4 nitrogen and oxygen atoms in total. The molecule has 1 saturated heterocycles. The number of aliphatic hydroxyl groups excluding tert-OH is 1. The zero-order valence-electron chi connectivity index (χ0n) is 11.6. The van der Waals surface area contributed by atoms with E-state index < -0.39 is 11.6 Å². The number of piperazine rings is 1. The minimum absolute atomic E-state index is 0.0743. The Kier molecular flexibility index (Phi) is 3.98. The number of hydrogen-bond donors (Lipinski definition) is 1. The van der Waals surface area contributed by atoms with Crippen LogP contribution in [0.5, 0.6) is 0 Å². The number of nitrogens with zero attached hydrogens (tertiary/aromatic N) is 3. The SMILES string of the molecule is OCCN1CCN(c2ccnc3c(F)ccc(F)c23)CC1. The van der Waals surface area contributed by atoms with Gasteiger partial charge in [0.2, 0.25) is 0 Å². The lowest BCUT2D eigenvalue weighted by Crippen LogP contribution is -2.47. The molecule has 0 amide bonds. The van der Waals surface area contributed by atoms with Crippen LogP contribution in [0.25, 0.3) is 10.9 Å². The molecule has 1 aromatic carbocycles. The number of aromatic nitrogens is 1. The first kappa shape index (κ1) is 14.2. The molecule has 3 rings (SSSR count). The first-order chi connectivity index (χ1) is 10.2. The highest BCUT2D eigenvalue weighted by atomic mass is 19.1. The van der Waals surface area contributed by atoms with Gasteiger partial charge in [0.1, 0.15) is 17.2 Å². The normalized spacial score (nSPS) is 16.6. The van der Waals surface area contributed by atoms with Gasteiger partial charge in [0.15, 0.2) is 0 Å². The van der Waals surface area contributed by atoms with E-state index in [1.807, 2.05) is 4.90 Å². The van der Waals surface area contributed by atoms with E-state index in [0.717, 1.165) is 38.3 Å². The molecular weight excluding hydrogens is 276 g/mol. The van der Waals surface area contributed by atoms with Gasteiger partial charge in [-0.2, -0.15) is 0 Å². The van der Waals surface area contributed by atoms with Gasteiger partial charge in [-0.1, -0.05) is 0 Å². The summed E-state index contributed by atoms with van der Waals surface area (Å²) in [5.74, 6) is -0.959. The molecule has 1 aliphatic heterocycles. The van der Waals surface area contributed by atoms with Crippen molar-refractivity contribution >= 4 is 16.6 Å². The predicted octanol–water partition coefficient (Wildman–Crippen LogP) is 1.63. The highest BCUT2D eigenvalue weighted by molar-refractivity contribution is 5.92. The summed E-state index contributed by atoms with van der Waals surface area (Å²) in [5.41, 5.74) is 0.755. The van der Waals surface area contributed by atoms with Crippen LogP contribution in [0, 0.1) is 11.6 Å². The van der Waals surface area contributed by atoms with Crippen molar-refractivity contribution in [1.29, 1.82) is 0 Å². The average Bonchev–Trinajstić information content (AvgIpc) is 2.52. The third-order valence-corrected chi connectivity index (χ3v) is 3.90. The predicted molar refractivity (Wildman–Crippen MR) is 77.4 cm³/mol. The summed E-state index contributed by atoms with van der Waals surface area (Å²) in [4.78, 5) is 8.15. The molecule has 21 heavy (non-hydrogen) atoms. The highest BCUT2D eigenvalue weighted by Gasteiger charge is 2.20. The van der Waals surface area contributed by atoms with Crippen LogP contribution in [0.15, 0.2) is 24.4 Å². The monoisotopic (exact) mass is 293 g/mol. The van der Waals surface area contributed by atoms with Gasteiger partial charge in [-0.15, -0.1) is 0 Å². The Morgan fingerprint density at radius 1 is 1.05 bits per heavy atom. The maximum absolute atomic E-state index is 14.1. The lowest BCUT2D eigenvalue weighted by molar-refractivity contribution is 0.189. The molecule has 0 radical (unpaired) electrons. The minimum Gasteiger partial charge on any atom is -0.395 e. The largest absolute Gasteiger partial charge is 0.395 e. The van der Waals surface area contributed by atoms with Crippen molar-refractivity contribution in [3.63, 3.8) is 0 Å². The van der Waals surface area contributed by atoms with E-state index in [4.69, 9.17) is 5.11 Å². The fourth-order valence-electron chi connectivity index (χ4n) is 2.79. The van der Waals surface area contributed by atoms with Crippen molar-refractivity contribution in [1.82, 2.24) is 9.88 Å². The van der Waals surface area contributed by atoms with E-state index in [0.29, 0.717) is 12.2 Å². The molecule has 0 bridgehead atoms. The van der Waals surface area contributed by atoms with Crippen molar-refractivity contribution in [2.75, 3.05) is 44.2 Å². The lowest BCUT2D eigenvalue weighted by atomic mass is 10.1. The van der Waals surface area contributed by atoms with Crippen molar-refractivity contribution in [2.24, 2.45) is 0 Å². The summed E-state index contributed by atoms with van der Waals surface area (Å²) in [6.07, 6.45) is 1.51. The van der Waals surface area contributed by atoms with E-state index in [1.165, 1.54) is 6.20 Å². The maximum Gasteiger partial charge on any atom is 0.149 e. The van der Waals surface area contributed by atoms with Gasteiger partial charge >= 0.3 is 0 Å². The number of benzene rings is 1. The quantitative estimate of drug-likeness (QED) is 0.933. The van der Waals surface area contributed by atoms with Gasteiger partial charge in [0.25, 0.3) is 0 Å². The number of halogens is 2. The molecule has 1 fully saturated rings. The second-order valence-electron chi connectivity index (χ2n) is 5.14. The standard InChI is InChI=1S/C15H17F2N3O/c16-11-1-2-12(17)15-14(11)13(3-4-18-15)20-7-5-19(6-8-20)9-10-21/h1-4,21H,5-10H2. The number of hydrogen-bond acceptors (Lipinski definition) is 4. The summed E-state index contributed by atoms with van der Waals surface area (Å²) in [5, 5.41) is 9.20. The third kappa shape index (κ3) is 2.69. The van der Waals surface area contributed by atoms with Crippen LogP contribution in [0.1, 0.15) is 0 Å². The van der Waals surface area contributed by atoms with Gasteiger partial charge in [-0.3, -0.25) is 9.88 Å². The fourth-order valence-corrected chi connectivity index (χ4v) is 2.79. The maximum atomic E-state index is 14.1. The first-order valence-corrected chi connectivity index (χ1v) is 7.01. The molecule has 1 aromatic heterocycles. The van der Waals surface area contributed by atoms with Gasteiger partial charge in [0.05, 0.1) is 17.7 Å². The Hall–Kier alpha value is -1.79. The van der Waals surface area contributed by atoms with Crippen LogP contribution in [0.4, 0.5) is 14.5 Å². The zero-order chi connectivity index (χ0) is 14.8. The molecule has 1 aliphatic rings. The van der Waals surface area contributed by atoms with E-state index in [-0.39, 0.29) is 17.5 Å². The smallest absolute Gasteiger partial charge is 0.149 e. The third-order valence-electron chi connectivity index (χ3n) is 3.90. The number of rotatable bonds is 3. The average molecular weight is 293 g/mol. The molecule has 0 aliphatic carbocycles. The molecule has 112 valence electrons. The fraction of sp³-hybridized carbons (Fsp3) is 0.400. The Bertz CT molecular complexity index is 642. The first-order valence-electron chi connectivity index (χ1n) is 7.01. The second kappa shape index (κ2) is 5.91. The molecule has 0 saturated carbocycles. The van der Waals surface area contributed by atoms with Crippen LogP contribution in [-0.4, -0.2) is 54.3 Å². The summed E-state index contributed by atoms with van der Waals surface area (Å²) in [7, 11) is 0. The van der Waals surface area contributed by atoms with Crippen LogP contribution in [0.2, 0.25) is 0 Å². The Morgan fingerprint density at radius 2 is 1.76 bits per heavy atom. The molecule has 0 atom stereocenters. The summed E-state index contributed by atoms with van der Waals surface area (Å²) in [6.45, 7) is 3.80. The van der Waals surface area contributed by atoms with Crippen LogP contribution in [-0.2, 0) is 0 Å². The van der Waals surface area contributed by atoms with Crippen molar-refractivity contribution in [2.45, 2.75) is 0 Å². The Labute approximate surface area is 121 Å². The van der Waals surface area contributed by atoms with Crippen molar-refractivity contribution in [3.05, 3.63) is 36.0 Å². The molecule has 0 unspecified atom stereocenters. The molecule has 2 aromatic rings. The minimum atomic E-state index is -0.507. The van der Waals surface area contributed by atoms with Gasteiger partial charge < -0.3 is 10.0 Å². The number of β-amino-alcohol motifs (C(OH)–C–C–N with tert-alkyl or cyclic N) is 1. The van der Waals surface area contributed by atoms with Crippen LogP contribution in [0.3, 0.4) is 0 Å². The van der Waals surface area contributed by atoms with Crippen molar-refractivity contribution in [3.8, 4) is 0 Å². The summed E-state index contributed by atoms with van der Waals surface area (Å²) >= 11 is 0. The van der Waals surface area contributed by atoms with E-state index in [2.05, 4.69) is 9.88 Å². The highest BCUT2D eigenvalue weighted by Crippen LogP contribution is 2.30. The number of pyridine rings is 1. The lowest BCUT2D eigenvalue weighted by Gasteiger charge is -2.36. The zero-order valence-corrected chi connectivity index (χ0v) is 11.6. The Morgan fingerprint density at radius 3 is 2.48 bits per heavy atom. The van der Waals surface area contributed by atoms with Gasteiger partial charge in [-0.25, -0.2) is 8.78 Å². The molecule has 0 spiro atoms. The molecule has 6 heteroatoms. The van der Waals surface area contributed by atoms with Crippen LogP contribution >= 0.6 is 0 Å². The molecule has 1 N–H and O–H groups in total. The van der Waals surface area contributed by atoms with Crippen molar-refractivity contribution < 1.29 is 13.9 Å². The second-order valence-corrected chi connectivity index (χ2v) is 5.14. The number of aliphatic hydroxyl groups is 1.